The number of carboxylic acids is 1. The molecular formula is C5H12ClNO2. The van der Waals surface area contributed by atoms with Crippen LogP contribution in [0.25, 0.3) is 0 Å². The second kappa shape index (κ2) is 3.69. The number of nitrogens with two attached hydrogens (primary N) is 1. The molecule has 3 N–H and O–H groups in total. The molecule has 0 aromatic rings. The van der Waals surface area contributed by atoms with Crippen molar-refractivity contribution in [3.63, 3.8) is 0 Å². The minimum Gasteiger partial charge on any atom is -0.481 e. The Labute approximate surface area is 60.6 Å². The Morgan fingerprint density at radius 1 is 1.67 bits per heavy atom. The lowest BCUT2D eigenvalue weighted by atomic mass is 10.0. The lowest BCUT2D eigenvalue weighted by Gasteiger charge is -2.13. The summed E-state index contributed by atoms with van der Waals surface area (Å²) in [6.07, 6.45) is 0.0208. The molecule has 0 aliphatic heterocycles. The van der Waals surface area contributed by atoms with Crippen LogP contribution >= 0.6 is 12.4 Å². The molecule has 0 saturated carbocycles. The van der Waals surface area contributed by atoms with Gasteiger partial charge in [-0.1, -0.05) is 0 Å². The van der Waals surface area contributed by atoms with Crippen molar-refractivity contribution in [1.29, 1.82) is 0 Å². The molecule has 0 atom stereocenters. The monoisotopic (exact) mass is 153 g/mol. The predicted octanol–water partition coefficient (Wildman–Crippen LogP) is 0.620. The highest BCUT2D eigenvalue weighted by atomic mass is 35.5. The van der Waals surface area contributed by atoms with E-state index in [1.165, 1.54) is 0 Å². The van der Waals surface area contributed by atoms with Crippen molar-refractivity contribution in [3.05, 3.63) is 0 Å². The Morgan fingerprint density at radius 3 is 2.00 bits per heavy atom. The number of hydrogen-bond donors (Lipinski definition) is 2. The molecule has 0 aliphatic carbocycles. The van der Waals surface area contributed by atoms with Gasteiger partial charge in [-0.15, -0.1) is 12.4 Å². The van der Waals surface area contributed by atoms with Gasteiger partial charge in [-0.05, 0) is 13.8 Å². The van der Waals surface area contributed by atoms with Gasteiger partial charge in [0, 0.05) is 5.54 Å². The minimum absolute atomic E-state index is 0. The summed E-state index contributed by atoms with van der Waals surface area (Å²) in [6.45, 7) is 3.36. The quantitative estimate of drug-likeness (QED) is 0.612. The first-order valence-electron chi connectivity index (χ1n) is 2.42. The Morgan fingerprint density at radius 2 is 2.00 bits per heavy atom. The average molecular weight is 154 g/mol. The van der Waals surface area contributed by atoms with Crippen LogP contribution in [0.1, 0.15) is 20.3 Å². The first kappa shape index (κ1) is 11.5. The van der Waals surface area contributed by atoms with Crippen LogP contribution in [-0.2, 0) is 4.79 Å². The number of hydrogen-bond acceptors (Lipinski definition) is 2. The summed E-state index contributed by atoms with van der Waals surface area (Å²) in [7, 11) is 0. The van der Waals surface area contributed by atoms with Gasteiger partial charge in [0.2, 0.25) is 0 Å². The summed E-state index contributed by atoms with van der Waals surface area (Å²) in [4.78, 5) is 9.93. The zero-order valence-corrected chi connectivity index (χ0v) is 6.36. The molecule has 3 nitrogen and oxygen atoms in total. The summed E-state index contributed by atoms with van der Waals surface area (Å²) < 4.78 is 0. The average Bonchev–Trinajstić information content (AvgIpc) is 1.21. The second-order valence-corrected chi connectivity index (χ2v) is 2.56. The zero-order chi connectivity index (χ0) is 6.78. The number of carbonyl (C=O) groups is 1. The number of carboxylic acid groups (broad SMARTS) is 1. The molecule has 0 unspecified atom stereocenters. The van der Waals surface area contributed by atoms with E-state index in [-0.39, 0.29) is 18.8 Å². The van der Waals surface area contributed by atoms with Crippen LogP contribution in [0.4, 0.5) is 0 Å². The van der Waals surface area contributed by atoms with Crippen molar-refractivity contribution in [1.82, 2.24) is 0 Å². The third-order valence-corrected chi connectivity index (χ3v) is 0.607. The third kappa shape index (κ3) is 11.3. The first-order valence-corrected chi connectivity index (χ1v) is 2.42. The van der Waals surface area contributed by atoms with Gasteiger partial charge in [0.05, 0.1) is 6.42 Å². The summed E-state index contributed by atoms with van der Waals surface area (Å²) in [6, 6.07) is 0. The van der Waals surface area contributed by atoms with Crippen molar-refractivity contribution in [2.75, 3.05) is 0 Å². The summed E-state index contributed by atoms with van der Waals surface area (Å²) in [5.74, 6) is -0.850. The van der Waals surface area contributed by atoms with Crippen LogP contribution in [0.15, 0.2) is 0 Å². The predicted molar refractivity (Wildman–Crippen MR) is 37.8 cm³/mol. The van der Waals surface area contributed by atoms with E-state index in [0.717, 1.165) is 0 Å². The summed E-state index contributed by atoms with van der Waals surface area (Å²) >= 11 is 0. The lowest BCUT2D eigenvalue weighted by Crippen LogP contribution is -2.34. The molecule has 0 aliphatic rings. The molecule has 0 heterocycles. The minimum atomic E-state index is -0.850. The third-order valence-electron chi connectivity index (χ3n) is 0.607. The van der Waals surface area contributed by atoms with Crippen LogP contribution < -0.4 is 5.73 Å². The van der Waals surface area contributed by atoms with Crippen LogP contribution in [0, 0.1) is 0 Å². The van der Waals surface area contributed by atoms with Crippen molar-refractivity contribution >= 4 is 18.4 Å². The Hall–Kier alpha value is -0.280. The highest BCUT2D eigenvalue weighted by Gasteiger charge is 2.14. The van der Waals surface area contributed by atoms with Gasteiger partial charge in [0.1, 0.15) is 0 Å². The molecule has 0 fully saturated rings. The Balaban J connectivity index is 0. The van der Waals surface area contributed by atoms with Crippen molar-refractivity contribution < 1.29 is 9.90 Å². The van der Waals surface area contributed by atoms with Crippen LogP contribution in [0.2, 0.25) is 0 Å². The fourth-order valence-electron chi connectivity index (χ4n) is 0.390. The van der Waals surface area contributed by atoms with E-state index in [2.05, 4.69) is 0 Å². The van der Waals surface area contributed by atoms with Gasteiger partial charge in [-0.25, -0.2) is 0 Å². The van der Waals surface area contributed by atoms with Crippen LogP contribution in [-0.4, -0.2) is 16.6 Å². The zero-order valence-electron chi connectivity index (χ0n) is 5.55. The van der Waals surface area contributed by atoms with Crippen molar-refractivity contribution in [3.8, 4) is 0 Å². The van der Waals surface area contributed by atoms with Gasteiger partial charge in [-0.3, -0.25) is 4.79 Å². The number of halogens is 1. The molecule has 0 amide bonds. The molecule has 0 aromatic heterocycles. The lowest BCUT2D eigenvalue weighted by molar-refractivity contribution is -0.138. The highest BCUT2D eigenvalue weighted by molar-refractivity contribution is 5.85. The second-order valence-electron chi connectivity index (χ2n) is 2.56. The molecule has 9 heavy (non-hydrogen) atoms. The molecule has 56 valence electrons. The number of rotatable bonds is 2. The Bertz CT molecular complexity index is 97.6. The fraction of sp³-hybridized carbons (Fsp3) is 0.800. The maximum Gasteiger partial charge on any atom is 0.305 e. The van der Waals surface area contributed by atoms with Gasteiger partial charge in [-0.2, -0.15) is 0 Å². The van der Waals surface area contributed by atoms with Crippen LogP contribution in [0.3, 0.4) is 0 Å². The van der Waals surface area contributed by atoms with E-state index in [4.69, 9.17) is 10.8 Å². The van der Waals surface area contributed by atoms with E-state index in [0.29, 0.717) is 0 Å². The normalized spacial score (nSPS) is 10.1. The molecule has 0 spiro atoms. The maximum atomic E-state index is 9.93. The SMILES string of the molecule is CC(C)(N)CC(=O)O.Cl. The first-order chi connectivity index (χ1) is 3.42. The molecule has 0 aromatic carbocycles. The smallest absolute Gasteiger partial charge is 0.305 e. The van der Waals surface area contributed by atoms with Gasteiger partial charge in [0.25, 0.3) is 0 Å². The molecule has 0 saturated heterocycles. The van der Waals surface area contributed by atoms with E-state index < -0.39 is 11.5 Å². The van der Waals surface area contributed by atoms with Crippen LogP contribution in [0.5, 0.6) is 0 Å². The molecule has 0 bridgehead atoms. The van der Waals surface area contributed by atoms with E-state index in [9.17, 15) is 4.79 Å². The highest BCUT2D eigenvalue weighted by Crippen LogP contribution is 2.01. The molecule has 0 rings (SSSR count). The largest absolute Gasteiger partial charge is 0.481 e. The number of aliphatic carboxylic acids is 1. The van der Waals surface area contributed by atoms with Gasteiger partial charge < -0.3 is 10.8 Å². The molecule has 4 heteroatoms. The van der Waals surface area contributed by atoms with E-state index in [1.807, 2.05) is 0 Å². The summed E-state index contributed by atoms with van der Waals surface area (Å²) in [5.41, 5.74) is 4.78. The van der Waals surface area contributed by atoms with Gasteiger partial charge in [0.15, 0.2) is 0 Å². The topological polar surface area (TPSA) is 63.3 Å². The van der Waals surface area contributed by atoms with Crippen molar-refractivity contribution in [2.45, 2.75) is 25.8 Å². The molecular weight excluding hydrogens is 142 g/mol. The Kier molecular flexibility index (Phi) is 4.72. The summed E-state index contributed by atoms with van der Waals surface area (Å²) in [5, 5.41) is 8.17. The van der Waals surface area contributed by atoms with E-state index >= 15 is 0 Å². The van der Waals surface area contributed by atoms with Gasteiger partial charge >= 0.3 is 5.97 Å². The van der Waals surface area contributed by atoms with E-state index in [1.54, 1.807) is 13.8 Å². The molecule has 0 radical (unpaired) electrons. The maximum absolute atomic E-state index is 9.93. The standard InChI is InChI=1S/C5H11NO2.ClH/c1-5(2,6)3-4(7)8;/h3,6H2,1-2H3,(H,7,8);1H. The fourth-order valence-corrected chi connectivity index (χ4v) is 0.390. The van der Waals surface area contributed by atoms with Crippen molar-refractivity contribution in [2.24, 2.45) is 5.73 Å².